The molecule has 0 saturated heterocycles. The number of benzene rings is 2. The first-order valence-electron chi connectivity index (χ1n) is 8.45. The Morgan fingerprint density at radius 3 is 2.40 bits per heavy atom. The van der Waals surface area contributed by atoms with Crippen molar-refractivity contribution < 1.29 is 61.9 Å². The maximum absolute atomic E-state index is 12.9. The Labute approximate surface area is 195 Å². The van der Waals surface area contributed by atoms with Crippen LogP contribution in [0.1, 0.15) is 12.5 Å². The van der Waals surface area contributed by atoms with Gasteiger partial charge in [-0.3, -0.25) is 4.79 Å². The Morgan fingerprint density at radius 1 is 1.20 bits per heavy atom. The molecule has 0 aromatic heterocycles. The normalized spacial score (nSPS) is 15.0. The molecule has 2 aromatic carbocycles. The second-order valence-electron chi connectivity index (χ2n) is 5.89. The number of hydrogen-bond acceptors (Lipinski definition) is 8. The molecule has 0 saturated carbocycles. The van der Waals surface area contributed by atoms with E-state index in [4.69, 9.17) is 9.47 Å². The zero-order valence-electron chi connectivity index (χ0n) is 16.5. The van der Waals surface area contributed by atoms with Crippen LogP contribution in [-0.2, 0) is 19.6 Å². The number of amides is 1. The fraction of sp³-hybridized carbons (Fsp3) is 0.158. The summed E-state index contributed by atoms with van der Waals surface area (Å²) >= 11 is 0. The van der Waals surface area contributed by atoms with Crippen molar-refractivity contribution in [2.24, 2.45) is 5.10 Å². The molecule has 0 unspecified atom stereocenters. The molecule has 0 atom stereocenters. The molecule has 0 bridgehead atoms. The van der Waals surface area contributed by atoms with Crippen molar-refractivity contribution in [3.8, 4) is 11.5 Å². The van der Waals surface area contributed by atoms with E-state index in [0.717, 1.165) is 17.1 Å². The van der Waals surface area contributed by atoms with Crippen LogP contribution in [0.4, 0.5) is 5.69 Å². The Kier molecular flexibility index (Phi) is 7.67. The first-order chi connectivity index (χ1) is 13.7. The number of methoxy groups -OCH3 is 1. The van der Waals surface area contributed by atoms with Gasteiger partial charge in [-0.2, -0.15) is 5.01 Å². The van der Waals surface area contributed by atoms with Crippen LogP contribution in [0, 0.1) is 0 Å². The van der Waals surface area contributed by atoms with Crippen LogP contribution < -0.4 is 39.3 Å². The monoisotopic (exact) mass is 440 g/mol. The second kappa shape index (κ2) is 9.63. The van der Waals surface area contributed by atoms with Gasteiger partial charge in [0, 0.05) is 11.6 Å². The molecule has 152 valence electrons. The summed E-state index contributed by atoms with van der Waals surface area (Å²) in [6.45, 7) is 1.98. The van der Waals surface area contributed by atoms with E-state index in [2.05, 4.69) is 5.10 Å². The summed E-state index contributed by atoms with van der Waals surface area (Å²) in [6, 6.07) is 9.39. The van der Waals surface area contributed by atoms with Crippen LogP contribution in [-0.4, -0.2) is 43.6 Å². The van der Waals surface area contributed by atoms with E-state index in [-0.39, 0.29) is 59.1 Å². The Balaban J connectivity index is 0.00000320. The molecular weight excluding hydrogens is 423 g/mol. The van der Waals surface area contributed by atoms with Crippen LogP contribution in [0.25, 0.3) is 6.08 Å². The summed E-state index contributed by atoms with van der Waals surface area (Å²) < 4.78 is 43.7. The SMILES string of the molecule is CCOC1=NN(c2ccc(S(=O)(=O)[O-])cc2)C(=O)/C1=C\c1ccc(OC)cc1O.[Na+]. The maximum atomic E-state index is 12.9. The van der Waals surface area contributed by atoms with Crippen molar-refractivity contribution in [3.05, 3.63) is 53.6 Å². The molecule has 1 aliphatic heterocycles. The fourth-order valence-electron chi connectivity index (χ4n) is 2.62. The summed E-state index contributed by atoms with van der Waals surface area (Å²) in [5.41, 5.74) is 0.714. The van der Waals surface area contributed by atoms with Gasteiger partial charge in [0.05, 0.1) is 24.3 Å². The molecule has 1 N–H and O–H groups in total. The number of carbonyl (C=O) groups is 1. The van der Waals surface area contributed by atoms with E-state index >= 15 is 0 Å². The molecule has 1 aliphatic rings. The number of ether oxygens (including phenoxy) is 2. The van der Waals surface area contributed by atoms with Gasteiger partial charge in [-0.05, 0) is 49.4 Å². The van der Waals surface area contributed by atoms with E-state index in [0.29, 0.717) is 11.3 Å². The molecule has 0 fully saturated rings. The molecule has 0 spiro atoms. The number of phenols is 1. The smallest absolute Gasteiger partial charge is 0.744 e. The summed E-state index contributed by atoms with van der Waals surface area (Å²) in [4.78, 5) is 12.5. The number of anilines is 1. The number of rotatable bonds is 5. The molecule has 3 rings (SSSR count). The Bertz CT molecular complexity index is 1110. The van der Waals surface area contributed by atoms with E-state index in [9.17, 15) is 22.9 Å². The largest absolute Gasteiger partial charge is 1.00 e. The number of aromatic hydroxyl groups is 1. The number of hydrogen-bond donors (Lipinski definition) is 1. The van der Waals surface area contributed by atoms with Gasteiger partial charge in [0.1, 0.15) is 27.2 Å². The third kappa shape index (κ3) is 5.02. The predicted octanol–water partition coefficient (Wildman–Crippen LogP) is -0.911. The summed E-state index contributed by atoms with van der Waals surface area (Å²) in [5.74, 6) is -0.130. The van der Waals surface area contributed by atoms with Gasteiger partial charge in [0.15, 0.2) is 0 Å². The average Bonchev–Trinajstić information content (AvgIpc) is 2.99. The first-order valence-corrected chi connectivity index (χ1v) is 9.86. The minimum absolute atomic E-state index is 0. The number of hydrazone groups is 1. The summed E-state index contributed by atoms with van der Waals surface area (Å²) in [5, 5.41) is 15.3. The number of nitrogens with zero attached hydrogens (tertiary/aromatic N) is 2. The standard InChI is InChI=1S/C19H18N2O7S.Na/c1-3-28-18-16(10-12-4-7-14(27-2)11-17(12)22)19(23)21(20-18)13-5-8-15(9-6-13)29(24,25)26;/h4-11,22H,3H2,1-2H3,(H,24,25,26);/q;+1/p-1/b16-10-;. The van der Waals surface area contributed by atoms with Gasteiger partial charge in [-0.1, -0.05) is 0 Å². The topological polar surface area (TPSA) is 129 Å². The zero-order valence-corrected chi connectivity index (χ0v) is 19.3. The molecule has 1 amide bonds. The Hall–Kier alpha value is -2.37. The van der Waals surface area contributed by atoms with Crippen LogP contribution in [0.15, 0.2) is 58.0 Å². The number of carbonyl (C=O) groups excluding carboxylic acids is 1. The first kappa shape index (κ1) is 23.9. The van der Waals surface area contributed by atoms with E-state index < -0.39 is 20.9 Å². The van der Waals surface area contributed by atoms with Crippen LogP contribution >= 0.6 is 0 Å². The van der Waals surface area contributed by atoms with E-state index in [1.807, 2.05) is 0 Å². The maximum Gasteiger partial charge on any atom is 1.00 e. The van der Waals surface area contributed by atoms with Gasteiger partial charge in [-0.25, -0.2) is 8.42 Å². The fourth-order valence-corrected chi connectivity index (χ4v) is 3.09. The molecule has 11 heteroatoms. The van der Waals surface area contributed by atoms with Crippen molar-refractivity contribution >= 4 is 33.7 Å². The second-order valence-corrected chi connectivity index (χ2v) is 7.27. The predicted molar refractivity (Wildman–Crippen MR) is 104 cm³/mol. The molecular formula is C19H17N2NaO7S. The van der Waals surface area contributed by atoms with Crippen molar-refractivity contribution in [1.82, 2.24) is 0 Å². The van der Waals surface area contributed by atoms with Crippen LogP contribution in [0.2, 0.25) is 0 Å². The van der Waals surface area contributed by atoms with Crippen molar-refractivity contribution in [1.29, 1.82) is 0 Å². The van der Waals surface area contributed by atoms with Gasteiger partial charge in [-0.15, -0.1) is 5.10 Å². The van der Waals surface area contributed by atoms with Crippen LogP contribution in [0.5, 0.6) is 11.5 Å². The average molecular weight is 440 g/mol. The van der Waals surface area contributed by atoms with Gasteiger partial charge in [0.2, 0.25) is 5.90 Å². The molecule has 9 nitrogen and oxygen atoms in total. The third-order valence-electron chi connectivity index (χ3n) is 4.03. The molecule has 2 aromatic rings. The number of phenolic OH excluding ortho intramolecular Hbond substituents is 1. The van der Waals surface area contributed by atoms with Crippen molar-refractivity contribution in [2.75, 3.05) is 18.7 Å². The minimum atomic E-state index is -4.60. The van der Waals surface area contributed by atoms with Gasteiger partial charge < -0.3 is 19.1 Å². The minimum Gasteiger partial charge on any atom is -0.744 e. The summed E-state index contributed by atoms with van der Waals surface area (Å²) in [6.07, 6.45) is 1.43. The van der Waals surface area contributed by atoms with Gasteiger partial charge >= 0.3 is 29.6 Å². The molecule has 1 heterocycles. The van der Waals surface area contributed by atoms with E-state index in [1.54, 1.807) is 19.1 Å². The van der Waals surface area contributed by atoms with Crippen LogP contribution in [0.3, 0.4) is 0 Å². The summed E-state index contributed by atoms with van der Waals surface area (Å²) in [7, 11) is -3.13. The van der Waals surface area contributed by atoms with Crippen molar-refractivity contribution in [3.63, 3.8) is 0 Å². The zero-order chi connectivity index (χ0) is 21.2. The third-order valence-corrected chi connectivity index (χ3v) is 4.88. The van der Waals surface area contributed by atoms with Crippen molar-refractivity contribution in [2.45, 2.75) is 11.8 Å². The molecule has 0 aliphatic carbocycles. The quantitative estimate of drug-likeness (QED) is 0.362. The molecule has 0 radical (unpaired) electrons. The van der Waals surface area contributed by atoms with E-state index in [1.165, 1.54) is 31.4 Å². The van der Waals surface area contributed by atoms with Gasteiger partial charge in [0.25, 0.3) is 5.91 Å². The molecule has 30 heavy (non-hydrogen) atoms. The Morgan fingerprint density at radius 2 is 1.87 bits per heavy atom.